The molecule has 1 aliphatic heterocycles. The van der Waals surface area contributed by atoms with E-state index in [1.165, 1.54) is 6.20 Å². The molecular formula is C13H20N4O3. The summed E-state index contributed by atoms with van der Waals surface area (Å²) in [4.78, 5) is 41.5. The number of rotatable bonds is 4. The molecule has 1 amide bonds. The predicted molar refractivity (Wildman–Crippen MR) is 74.9 cm³/mol. The molecule has 0 spiro atoms. The summed E-state index contributed by atoms with van der Waals surface area (Å²) in [5, 5.41) is 3.26. The van der Waals surface area contributed by atoms with Crippen LogP contribution in [0.2, 0.25) is 0 Å². The van der Waals surface area contributed by atoms with Crippen LogP contribution in [0.25, 0.3) is 0 Å². The molecule has 0 aliphatic carbocycles. The van der Waals surface area contributed by atoms with Crippen molar-refractivity contribution in [1.29, 1.82) is 0 Å². The highest BCUT2D eigenvalue weighted by atomic mass is 16.2. The Hall–Kier alpha value is -1.89. The van der Waals surface area contributed by atoms with Crippen LogP contribution >= 0.6 is 0 Å². The van der Waals surface area contributed by atoms with Gasteiger partial charge in [0.25, 0.3) is 11.5 Å². The summed E-state index contributed by atoms with van der Waals surface area (Å²) < 4.78 is 0. The summed E-state index contributed by atoms with van der Waals surface area (Å²) in [6, 6.07) is 0.148. The third-order valence-electron chi connectivity index (χ3n) is 3.52. The van der Waals surface area contributed by atoms with Crippen molar-refractivity contribution in [3.05, 3.63) is 32.6 Å². The molecule has 0 aromatic carbocycles. The van der Waals surface area contributed by atoms with Crippen LogP contribution in [0.15, 0.2) is 15.8 Å². The average molecular weight is 280 g/mol. The van der Waals surface area contributed by atoms with Gasteiger partial charge in [0.1, 0.15) is 5.56 Å². The number of piperidine rings is 1. The number of nitrogens with zero attached hydrogens (tertiary/aromatic N) is 1. The summed E-state index contributed by atoms with van der Waals surface area (Å²) in [5.74, 6) is -0.309. The highest BCUT2D eigenvalue weighted by Crippen LogP contribution is 2.14. The van der Waals surface area contributed by atoms with Crippen molar-refractivity contribution in [2.75, 3.05) is 19.6 Å². The Morgan fingerprint density at radius 1 is 1.35 bits per heavy atom. The first-order chi connectivity index (χ1) is 9.63. The summed E-state index contributed by atoms with van der Waals surface area (Å²) in [5.41, 5.74) is -1.24. The highest BCUT2D eigenvalue weighted by Gasteiger charge is 2.27. The molecule has 2 rings (SSSR count). The van der Waals surface area contributed by atoms with E-state index >= 15 is 0 Å². The Kier molecular flexibility index (Phi) is 4.73. The van der Waals surface area contributed by atoms with E-state index in [0.29, 0.717) is 6.54 Å². The Morgan fingerprint density at radius 3 is 2.65 bits per heavy atom. The lowest BCUT2D eigenvalue weighted by molar-refractivity contribution is 0.0640. The fourth-order valence-electron chi connectivity index (χ4n) is 2.53. The SMILES string of the molecule is CCCN(C(=O)c1c[nH]c(=O)[nH]c1=O)C1CCNCC1. The van der Waals surface area contributed by atoms with Crippen molar-refractivity contribution in [3.63, 3.8) is 0 Å². The van der Waals surface area contributed by atoms with Gasteiger partial charge in [0.2, 0.25) is 0 Å². The number of carbonyl (C=O) groups excluding carboxylic acids is 1. The summed E-state index contributed by atoms with van der Waals surface area (Å²) in [7, 11) is 0. The smallest absolute Gasteiger partial charge is 0.325 e. The van der Waals surface area contributed by atoms with Gasteiger partial charge in [0, 0.05) is 18.8 Å². The van der Waals surface area contributed by atoms with Crippen LogP contribution in [0.1, 0.15) is 36.5 Å². The average Bonchev–Trinajstić information content (AvgIpc) is 2.45. The third-order valence-corrected chi connectivity index (χ3v) is 3.52. The Labute approximate surface area is 116 Å². The number of aromatic nitrogens is 2. The van der Waals surface area contributed by atoms with Crippen LogP contribution in [0.5, 0.6) is 0 Å². The maximum Gasteiger partial charge on any atom is 0.325 e. The summed E-state index contributed by atoms with van der Waals surface area (Å²) in [6.07, 6.45) is 3.80. The number of hydrogen-bond donors (Lipinski definition) is 3. The van der Waals surface area contributed by atoms with E-state index in [9.17, 15) is 14.4 Å². The summed E-state index contributed by atoms with van der Waals surface area (Å²) >= 11 is 0. The zero-order valence-electron chi connectivity index (χ0n) is 11.6. The minimum absolute atomic E-state index is 0.00316. The lowest BCUT2D eigenvalue weighted by atomic mass is 10.0. The molecule has 1 fully saturated rings. The fourth-order valence-corrected chi connectivity index (χ4v) is 2.53. The molecule has 0 atom stereocenters. The first kappa shape index (κ1) is 14.5. The van der Waals surface area contributed by atoms with E-state index in [-0.39, 0.29) is 17.5 Å². The molecule has 20 heavy (non-hydrogen) atoms. The van der Waals surface area contributed by atoms with Gasteiger partial charge in [-0.3, -0.25) is 14.6 Å². The van der Waals surface area contributed by atoms with Gasteiger partial charge < -0.3 is 15.2 Å². The van der Waals surface area contributed by atoms with Crippen molar-refractivity contribution >= 4 is 5.91 Å². The van der Waals surface area contributed by atoms with E-state index in [1.54, 1.807) is 4.90 Å². The van der Waals surface area contributed by atoms with Crippen molar-refractivity contribution in [2.24, 2.45) is 0 Å². The van der Waals surface area contributed by atoms with Gasteiger partial charge in [0.15, 0.2) is 0 Å². The number of nitrogens with one attached hydrogen (secondary N) is 3. The second-order valence-corrected chi connectivity index (χ2v) is 4.97. The van der Waals surface area contributed by atoms with E-state index in [0.717, 1.165) is 32.4 Å². The quantitative estimate of drug-likeness (QED) is 0.703. The number of amides is 1. The van der Waals surface area contributed by atoms with Gasteiger partial charge in [0.05, 0.1) is 0 Å². The molecule has 1 aromatic rings. The van der Waals surface area contributed by atoms with Gasteiger partial charge >= 0.3 is 5.69 Å². The predicted octanol–water partition coefficient (Wildman–Crippen LogP) is -0.333. The largest absolute Gasteiger partial charge is 0.335 e. The Balaban J connectivity index is 2.25. The number of hydrogen-bond acceptors (Lipinski definition) is 4. The van der Waals surface area contributed by atoms with E-state index in [2.05, 4.69) is 15.3 Å². The molecule has 0 unspecified atom stereocenters. The maximum absolute atomic E-state index is 12.5. The molecule has 7 heteroatoms. The fraction of sp³-hybridized carbons (Fsp3) is 0.615. The van der Waals surface area contributed by atoms with Gasteiger partial charge in [-0.25, -0.2) is 4.79 Å². The Bertz CT molecular complexity index is 571. The summed E-state index contributed by atoms with van der Waals surface area (Å²) in [6.45, 7) is 4.36. The van der Waals surface area contributed by atoms with Gasteiger partial charge in [-0.15, -0.1) is 0 Å². The second kappa shape index (κ2) is 6.51. The molecule has 2 heterocycles. The minimum atomic E-state index is -0.631. The molecule has 0 saturated carbocycles. The van der Waals surface area contributed by atoms with Crippen LogP contribution in [-0.2, 0) is 0 Å². The number of aromatic amines is 2. The van der Waals surface area contributed by atoms with Crippen LogP contribution in [-0.4, -0.2) is 46.5 Å². The number of carbonyl (C=O) groups is 1. The van der Waals surface area contributed by atoms with Crippen LogP contribution in [0.4, 0.5) is 0 Å². The molecule has 1 aromatic heterocycles. The Morgan fingerprint density at radius 2 is 2.05 bits per heavy atom. The number of H-pyrrole nitrogens is 2. The zero-order chi connectivity index (χ0) is 14.5. The van der Waals surface area contributed by atoms with Gasteiger partial charge in [-0.1, -0.05) is 6.92 Å². The lowest BCUT2D eigenvalue weighted by Gasteiger charge is -2.34. The van der Waals surface area contributed by atoms with E-state index in [4.69, 9.17) is 0 Å². The van der Waals surface area contributed by atoms with E-state index in [1.807, 2.05) is 6.92 Å². The first-order valence-electron chi connectivity index (χ1n) is 6.97. The first-order valence-corrected chi connectivity index (χ1v) is 6.97. The lowest BCUT2D eigenvalue weighted by Crippen LogP contribution is -2.48. The molecule has 110 valence electrons. The van der Waals surface area contributed by atoms with Crippen LogP contribution in [0, 0.1) is 0 Å². The molecule has 3 N–H and O–H groups in total. The topological polar surface area (TPSA) is 98.1 Å². The second-order valence-electron chi connectivity index (χ2n) is 4.97. The van der Waals surface area contributed by atoms with Gasteiger partial charge in [-0.2, -0.15) is 0 Å². The maximum atomic E-state index is 12.5. The molecule has 0 radical (unpaired) electrons. The van der Waals surface area contributed by atoms with Crippen molar-refractivity contribution in [1.82, 2.24) is 20.2 Å². The van der Waals surface area contributed by atoms with Gasteiger partial charge in [-0.05, 0) is 32.4 Å². The zero-order valence-corrected chi connectivity index (χ0v) is 11.6. The molecule has 0 bridgehead atoms. The van der Waals surface area contributed by atoms with E-state index < -0.39 is 11.2 Å². The van der Waals surface area contributed by atoms with Crippen LogP contribution < -0.4 is 16.6 Å². The highest BCUT2D eigenvalue weighted by molar-refractivity contribution is 5.93. The van der Waals surface area contributed by atoms with Crippen molar-refractivity contribution in [3.8, 4) is 0 Å². The van der Waals surface area contributed by atoms with Crippen LogP contribution in [0.3, 0.4) is 0 Å². The monoisotopic (exact) mass is 280 g/mol. The molecule has 1 saturated heterocycles. The third kappa shape index (κ3) is 3.16. The molecular weight excluding hydrogens is 260 g/mol. The van der Waals surface area contributed by atoms with Crippen molar-refractivity contribution in [2.45, 2.75) is 32.2 Å². The normalized spacial score (nSPS) is 16.1. The van der Waals surface area contributed by atoms with Crippen molar-refractivity contribution < 1.29 is 4.79 Å². The standard InChI is InChI=1S/C13H20N4O3/c1-2-7-17(9-3-5-14-6-4-9)12(19)10-8-15-13(20)16-11(10)18/h8-9,14H,2-7H2,1H3,(H2,15,16,18,20). The molecule has 1 aliphatic rings. The molecule has 7 nitrogen and oxygen atoms in total. The minimum Gasteiger partial charge on any atom is -0.335 e.